The van der Waals surface area contributed by atoms with E-state index < -0.39 is 29.0 Å². The first-order valence-corrected chi connectivity index (χ1v) is 5.45. The van der Waals surface area contributed by atoms with E-state index >= 15 is 0 Å². The minimum Gasteiger partial charge on any atom is -0.480 e. The van der Waals surface area contributed by atoms with Crippen molar-refractivity contribution >= 4 is 18.0 Å². The zero-order valence-corrected chi connectivity index (χ0v) is 11.3. The summed E-state index contributed by atoms with van der Waals surface area (Å²) < 4.78 is 4.93. The molecule has 7 nitrogen and oxygen atoms in total. The Morgan fingerprint density at radius 2 is 1.56 bits per heavy atom. The van der Waals surface area contributed by atoms with Gasteiger partial charge in [0.25, 0.3) is 0 Å². The number of alkyl carbamates (subject to hydrolysis) is 1. The standard InChI is InChI=1S/C11H20N2O5/c1-10(2,3)18-9(17)13-6-12-7(14)11(4,5)8(15)16/h6H2,1-5H3,(H,12,14)(H,13,17)(H,15,16). The Labute approximate surface area is 106 Å². The number of carbonyl (C=O) groups excluding carboxylic acids is 2. The van der Waals surface area contributed by atoms with Crippen molar-refractivity contribution in [3.05, 3.63) is 0 Å². The van der Waals surface area contributed by atoms with Gasteiger partial charge in [-0.2, -0.15) is 0 Å². The van der Waals surface area contributed by atoms with Crippen molar-refractivity contribution in [2.24, 2.45) is 5.41 Å². The number of aliphatic carboxylic acids is 1. The molecule has 7 heteroatoms. The molecular formula is C11H20N2O5. The number of nitrogens with one attached hydrogen (secondary N) is 2. The molecule has 104 valence electrons. The van der Waals surface area contributed by atoms with E-state index in [4.69, 9.17) is 9.84 Å². The monoisotopic (exact) mass is 260 g/mol. The largest absolute Gasteiger partial charge is 0.480 e. The molecule has 0 heterocycles. The van der Waals surface area contributed by atoms with Crippen molar-refractivity contribution in [2.75, 3.05) is 6.67 Å². The van der Waals surface area contributed by atoms with Crippen LogP contribution in [0.25, 0.3) is 0 Å². The van der Waals surface area contributed by atoms with Crippen molar-refractivity contribution in [3.63, 3.8) is 0 Å². The SMILES string of the molecule is CC(C)(C)OC(=O)NCNC(=O)C(C)(C)C(=O)O. The molecule has 3 N–H and O–H groups in total. The third-order valence-electron chi connectivity index (χ3n) is 1.98. The van der Waals surface area contributed by atoms with Crippen molar-refractivity contribution in [1.29, 1.82) is 0 Å². The first kappa shape index (κ1) is 16.2. The molecule has 0 aliphatic heterocycles. The quantitative estimate of drug-likeness (QED) is 0.509. The molecule has 0 spiro atoms. The second-order valence-electron chi connectivity index (χ2n) is 5.29. The highest BCUT2D eigenvalue weighted by molar-refractivity contribution is 6.00. The van der Waals surface area contributed by atoms with Crippen molar-refractivity contribution in [3.8, 4) is 0 Å². The molecule has 2 amide bonds. The minimum atomic E-state index is -1.55. The van der Waals surface area contributed by atoms with Gasteiger partial charge in [0, 0.05) is 0 Å². The first-order chi connectivity index (χ1) is 7.97. The van der Waals surface area contributed by atoms with Crippen LogP contribution in [0.2, 0.25) is 0 Å². The summed E-state index contributed by atoms with van der Waals surface area (Å²) in [6.07, 6.45) is -0.684. The molecule has 0 unspecified atom stereocenters. The zero-order valence-electron chi connectivity index (χ0n) is 11.3. The van der Waals surface area contributed by atoms with E-state index in [2.05, 4.69) is 10.6 Å². The molecule has 0 saturated heterocycles. The van der Waals surface area contributed by atoms with Crippen LogP contribution in [0.4, 0.5) is 4.79 Å². The lowest BCUT2D eigenvalue weighted by molar-refractivity contribution is -0.153. The molecule has 0 aliphatic carbocycles. The van der Waals surface area contributed by atoms with Crippen LogP contribution >= 0.6 is 0 Å². The Morgan fingerprint density at radius 3 is 1.94 bits per heavy atom. The van der Waals surface area contributed by atoms with Gasteiger partial charge in [0.2, 0.25) is 5.91 Å². The maximum atomic E-state index is 11.5. The van der Waals surface area contributed by atoms with Crippen molar-refractivity contribution in [2.45, 2.75) is 40.2 Å². The molecule has 18 heavy (non-hydrogen) atoms. The number of amides is 2. The van der Waals surface area contributed by atoms with Crippen LogP contribution in [0.3, 0.4) is 0 Å². The van der Waals surface area contributed by atoms with Crippen LogP contribution in [0, 0.1) is 5.41 Å². The van der Waals surface area contributed by atoms with Gasteiger partial charge < -0.3 is 20.5 Å². The van der Waals surface area contributed by atoms with E-state index in [0.717, 1.165) is 0 Å². The predicted molar refractivity (Wildman–Crippen MR) is 63.8 cm³/mol. The molecule has 0 rings (SSSR count). The molecular weight excluding hydrogens is 240 g/mol. The number of hydrogen-bond donors (Lipinski definition) is 3. The Balaban J connectivity index is 4.11. The Morgan fingerprint density at radius 1 is 1.06 bits per heavy atom. The van der Waals surface area contributed by atoms with Gasteiger partial charge in [-0.25, -0.2) is 4.79 Å². The summed E-state index contributed by atoms with van der Waals surface area (Å²) in [5, 5.41) is 13.4. The molecule has 0 fully saturated rings. The third kappa shape index (κ3) is 5.51. The summed E-state index contributed by atoms with van der Waals surface area (Å²) in [5.74, 6) is -1.93. The second kappa shape index (κ2) is 5.70. The van der Waals surface area contributed by atoms with Crippen LogP contribution in [0.5, 0.6) is 0 Å². The highest BCUT2D eigenvalue weighted by Gasteiger charge is 2.35. The van der Waals surface area contributed by atoms with E-state index in [1.165, 1.54) is 13.8 Å². The lowest BCUT2D eigenvalue weighted by Crippen LogP contribution is -2.47. The van der Waals surface area contributed by atoms with E-state index in [1.807, 2.05) is 0 Å². The summed E-state index contributed by atoms with van der Waals surface area (Å²) in [6.45, 7) is 7.48. The van der Waals surface area contributed by atoms with Gasteiger partial charge in [0.15, 0.2) is 0 Å². The number of carbonyl (C=O) groups is 3. The van der Waals surface area contributed by atoms with E-state index in [-0.39, 0.29) is 6.67 Å². The smallest absolute Gasteiger partial charge is 0.409 e. The number of carboxylic acids is 1. The van der Waals surface area contributed by atoms with Crippen LogP contribution in [-0.4, -0.2) is 35.3 Å². The number of ether oxygens (including phenoxy) is 1. The van der Waals surface area contributed by atoms with Crippen LogP contribution in [-0.2, 0) is 14.3 Å². The average molecular weight is 260 g/mol. The first-order valence-electron chi connectivity index (χ1n) is 5.45. The fraction of sp³-hybridized carbons (Fsp3) is 0.727. The minimum absolute atomic E-state index is 0.190. The lowest BCUT2D eigenvalue weighted by atomic mass is 9.93. The molecule has 0 aromatic heterocycles. The van der Waals surface area contributed by atoms with Gasteiger partial charge in [-0.05, 0) is 34.6 Å². The summed E-state index contributed by atoms with van der Waals surface area (Å²) >= 11 is 0. The molecule has 0 atom stereocenters. The summed E-state index contributed by atoms with van der Waals surface area (Å²) in [5.41, 5.74) is -2.18. The van der Waals surface area contributed by atoms with Crippen molar-refractivity contribution in [1.82, 2.24) is 10.6 Å². The Kier molecular flexibility index (Phi) is 5.13. The van der Waals surface area contributed by atoms with Gasteiger partial charge >= 0.3 is 12.1 Å². The molecule has 0 saturated carbocycles. The summed E-state index contributed by atoms with van der Waals surface area (Å²) in [4.78, 5) is 33.5. The third-order valence-corrected chi connectivity index (χ3v) is 1.98. The van der Waals surface area contributed by atoms with Crippen LogP contribution < -0.4 is 10.6 Å². The highest BCUT2D eigenvalue weighted by Crippen LogP contribution is 2.14. The zero-order chi connectivity index (χ0) is 14.6. The molecule has 0 aliphatic rings. The maximum Gasteiger partial charge on any atom is 0.409 e. The average Bonchev–Trinajstić information content (AvgIpc) is 2.14. The second-order valence-corrected chi connectivity index (χ2v) is 5.29. The highest BCUT2D eigenvalue weighted by atomic mass is 16.6. The molecule has 0 bridgehead atoms. The predicted octanol–water partition coefficient (Wildman–Crippen LogP) is 0.696. The topological polar surface area (TPSA) is 105 Å². The fourth-order valence-electron chi connectivity index (χ4n) is 0.829. The summed E-state index contributed by atoms with van der Waals surface area (Å²) in [6, 6.07) is 0. The van der Waals surface area contributed by atoms with E-state index in [9.17, 15) is 14.4 Å². The number of hydrogen-bond acceptors (Lipinski definition) is 4. The van der Waals surface area contributed by atoms with Crippen LogP contribution in [0.15, 0.2) is 0 Å². The van der Waals surface area contributed by atoms with Crippen LogP contribution in [0.1, 0.15) is 34.6 Å². The van der Waals surface area contributed by atoms with Gasteiger partial charge in [-0.3, -0.25) is 9.59 Å². The molecule has 0 radical (unpaired) electrons. The molecule has 0 aromatic carbocycles. The normalized spacial score (nSPS) is 11.6. The van der Waals surface area contributed by atoms with E-state index in [0.29, 0.717) is 0 Å². The fourth-order valence-corrected chi connectivity index (χ4v) is 0.829. The number of rotatable bonds is 4. The lowest BCUT2D eigenvalue weighted by Gasteiger charge is -2.21. The van der Waals surface area contributed by atoms with Gasteiger partial charge in [-0.1, -0.05) is 0 Å². The van der Waals surface area contributed by atoms with Gasteiger partial charge in [0.1, 0.15) is 11.0 Å². The van der Waals surface area contributed by atoms with Crippen molar-refractivity contribution < 1.29 is 24.2 Å². The Hall–Kier alpha value is -1.79. The van der Waals surface area contributed by atoms with Gasteiger partial charge in [0.05, 0.1) is 6.67 Å². The Bertz CT molecular complexity index is 344. The summed E-state index contributed by atoms with van der Waals surface area (Å²) in [7, 11) is 0. The maximum absolute atomic E-state index is 11.5. The number of carboxylic acid groups (broad SMARTS) is 1. The van der Waals surface area contributed by atoms with E-state index in [1.54, 1.807) is 20.8 Å². The van der Waals surface area contributed by atoms with Gasteiger partial charge in [-0.15, -0.1) is 0 Å². The molecule has 0 aromatic rings.